The van der Waals surface area contributed by atoms with E-state index in [0.717, 1.165) is 12.1 Å². The Hall–Kier alpha value is -2.87. The van der Waals surface area contributed by atoms with Gasteiger partial charge in [0.25, 0.3) is 0 Å². The third kappa shape index (κ3) is 2.87. The van der Waals surface area contributed by atoms with Crippen LogP contribution in [0.5, 0.6) is 11.5 Å². The van der Waals surface area contributed by atoms with Crippen LogP contribution < -0.4 is 4.74 Å². The second-order valence-electron chi connectivity index (χ2n) is 3.69. The Morgan fingerprint density at radius 1 is 1.26 bits per heavy atom. The number of carboxylic acids is 1. The SMILES string of the molecule is N#Cc1cc(F)cc(Oc2ccccc2C(=O)O)c1. The first-order valence-corrected chi connectivity index (χ1v) is 5.31. The van der Waals surface area contributed by atoms with Gasteiger partial charge < -0.3 is 9.84 Å². The molecular formula is C14H8FNO3. The molecule has 0 aliphatic heterocycles. The van der Waals surface area contributed by atoms with Crippen LogP contribution >= 0.6 is 0 Å². The largest absolute Gasteiger partial charge is 0.478 e. The number of para-hydroxylation sites is 1. The lowest BCUT2D eigenvalue weighted by Crippen LogP contribution is -1.99. The van der Waals surface area contributed by atoms with Gasteiger partial charge in [0.2, 0.25) is 0 Å². The molecule has 2 aromatic rings. The summed E-state index contributed by atoms with van der Waals surface area (Å²) in [5.74, 6) is -1.61. The molecule has 0 heterocycles. The summed E-state index contributed by atoms with van der Waals surface area (Å²) in [6, 6.07) is 11.3. The Morgan fingerprint density at radius 2 is 2.00 bits per heavy atom. The molecule has 0 amide bonds. The maximum Gasteiger partial charge on any atom is 0.339 e. The fourth-order valence-corrected chi connectivity index (χ4v) is 1.55. The minimum Gasteiger partial charge on any atom is -0.478 e. The van der Waals surface area contributed by atoms with E-state index >= 15 is 0 Å². The van der Waals surface area contributed by atoms with Gasteiger partial charge in [0.05, 0.1) is 11.6 Å². The number of nitriles is 1. The van der Waals surface area contributed by atoms with E-state index in [-0.39, 0.29) is 22.6 Å². The number of aromatic carboxylic acids is 1. The minimum atomic E-state index is -1.15. The molecule has 0 aromatic heterocycles. The van der Waals surface area contributed by atoms with Crippen LogP contribution in [0.25, 0.3) is 0 Å². The Kier molecular flexibility index (Phi) is 3.44. The van der Waals surface area contributed by atoms with Gasteiger partial charge in [0, 0.05) is 6.07 Å². The zero-order valence-electron chi connectivity index (χ0n) is 9.63. The molecule has 0 spiro atoms. The Balaban J connectivity index is 2.39. The molecule has 0 saturated carbocycles. The van der Waals surface area contributed by atoms with Crippen molar-refractivity contribution >= 4 is 5.97 Å². The van der Waals surface area contributed by atoms with E-state index in [0.29, 0.717) is 0 Å². The molecule has 0 unspecified atom stereocenters. The number of hydrogen-bond acceptors (Lipinski definition) is 3. The standard InChI is InChI=1S/C14H8FNO3/c15-10-5-9(8-16)6-11(7-10)19-13-4-2-1-3-12(13)14(17)18/h1-7H,(H,17,18). The molecule has 0 bridgehead atoms. The van der Waals surface area contributed by atoms with Gasteiger partial charge in [-0.05, 0) is 24.3 Å². The van der Waals surface area contributed by atoms with Crippen LogP contribution in [-0.4, -0.2) is 11.1 Å². The van der Waals surface area contributed by atoms with E-state index < -0.39 is 11.8 Å². The third-order valence-corrected chi connectivity index (χ3v) is 2.35. The predicted octanol–water partition coefficient (Wildman–Crippen LogP) is 3.19. The summed E-state index contributed by atoms with van der Waals surface area (Å²) in [5.41, 5.74) is 0.0630. The molecule has 2 aromatic carbocycles. The van der Waals surface area contributed by atoms with Crippen LogP contribution in [0.15, 0.2) is 42.5 Å². The molecule has 5 heteroatoms. The second-order valence-corrected chi connectivity index (χ2v) is 3.69. The Morgan fingerprint density at radius 3 is 2.68 bits per heavy atom. The summed E-state index contributed by atoms with van der Waals surface area (Å²) < 4.78 is 18.6. The first-order chi connectivity index (χ1) is 9.10. The smallest absolute Gasteiger partial charge is 0.339 e. The van der Waals surface area contributed by atoms with Gasteiger partial charge >= 0.3 is 5.97 Å². The van der Waals surface area contributed by atoms with Crippen LogP contribution in [0.3, 0.4) is 0 Å². The number of ether oxygens (including phenoxy) is 1. The first-order valence-electron chi connectivity index (χ1n) is 5.31. The van der Waals surface area contributed by atoms with Crippen LogP contribution in [0.1, 0.15) is 15.9 Å². The molecule has 0 fully saturated rings. The van der Waals surface area contributed by atoms with Crippen molar-refractivity contribution in [2.24, 2.45) is 0 Å². The van der Waals surface area contributed by atoms with Crippen molar-refractivity contribution in [3.63, 3.8) is 0 Å². The normalized spacial score (nSPS) is 9.68. The Labute approximate surface area is 108 Å². The van der Waals surface area contributed by atoms with Gasteiger partial charge in [-0.25, -0.2) is 9.18 Å². The number of carbonyl (C=O) groups is 1. The van der Waals surface area contributed by atoms with Crippen molar-refractivity contribution in [3.8, 4) is 17.6 Å². The lowest BCUT2D eigenvalue weighted by Gasteiger charge is -2.08. The van der Waals surface area contributed by atoms with E-state index in [4.69, 9.17) is 15.1 Å². The van der Waals surface area contributed by atoms with Crippen LogP contribution in [0.2, 0.25) is 0 Å². The molecule has 94 valence electrons. The lowest BCUT2D eigenvalue weighted by molar-refractivity contribution is 0.0694. The van der Waals surface area contributed by atoms with E-state index in [2.05, 4.69) is 0 Å². The maximum atomic E-state index is 13.2. The molecule has 0 atom stereocenters. The van der Waals surface area contributed by atoms with E-state index in [9.17, 15) is 9.18 Å². The van der Waals surface area contributed by atoms with Gasteiger partial charge in [-0.15, -0.1) is 0 Å². The molecule has 0 aliphatic rings. The van der Waals surface area contributed by atoms with Gasteiger partial charge in [-0.1, -0.05) is 12.1 Å². The maximum absolute atomic E-state index is 13.2. The molecule has 0 radical (unpaired) electrons. The molecule has 19 heavy (non-hydrogen) atoms. The first kappa shape index (κ1) is 12.6. The zero-order valence-corrected chi connectivity index (χ0v) is 9.63. The summed E-state index contributed by atoms with van der Waals surface area (Å²) >= 11 is 0. The number of carboxylic acid groups (broad SMARTS) is 1. The van der Waals surface area contributed by atoms with Crippen LogP contribution in [-0.2, 0) is 0 Å². The highest BCUT2D eigenvalue weighted by Crippen LogP contribution is 2.26. The van der Waals surface area contributed by atoms with Gasteiger partial charge in [-0.3, -0.25) is 0 Å². The van der Waals surface area contributed by atoms with Crippen molar-refractivity contribution in [2.45, 2.75) is 0 Å². The van der Waals surface area contributed by atoms with Crippen molar-refractivity contribution < 1.29 is 19.0 Å². The Bertz CT molecular complexity index is 677. The van der Waals surface area contributed by atoms with E-state index in [1.165, 1.54) is 18.2 Å². The third-order valence-electron chi connectivity index (χ3n) is 2.35. The van der Waals surface area contributed by atoms with Crippen molar-refractivity contribution in [1.82, 2.24) is 0 Å². The molecule has 0 saturated heterocycles. The summed E-state index contributed by atoms with van der Waals surface area (Å²) in [6.07, 6.45) is 0. The van der Waals surface area contributed by atoms with Crippen molar-refractivity contribution in [1.29, 1.82) is 5.26 Å². The zero-order chi connectivity index (χ0) is 13.8. The van der Waals surface area contributed by atoms with Gasteiger partial charge in [0.1, 0.15) is 22.9 Å². The van der Waals surface area contributed by atoms with Gasteiger partial charge in [0.15, 0.2) is 0 Å². The number of rotatable bonds is 3. The number of nitrogens with zero attached hydrogens (tertiary/aromatic N) is 1. The number of hydrogen-bond donors (Lipinski definition) is 1. The fraction of sp³-hybridized carbons (Fsp3) is 0. The molecular weight excluding hydrogens is 249 g/mol. The lowest BCUT2D eigenvalue weighted by atomic mass is 10.2. The average Bonchev–Trinajstić information content (AvgIpc) is 2.38. The predicted molar refractivity (Wildman–Crippen MR) is 64.6 cm³/mol. The topological polar surface area (TPSA) is 70.3 Å². The fourth-order valence-electron chi connectivity index (χ4n) is 1.55. The average molecular weight is 257 g/mol. The molecule has 4 nitrogen and oxygen atoms in total. The van der Waals surface area contributed by atoms with Crippen LogP contribution in [0.4, 0.5) is 4.39 Å². The summed E-state index contributed by atoms with van der Waals surface area (Å²) in [6.45, 7) is 0. The highest BCUT2D eigenvalue weighted by molar-refractivity contribution is 5.90. The second kappa shape index (κ2) is 5.19. The van der Waals surface area contributed by atoms with E-state index in [1.54, 1.807) is 18.2 Å². The molecule has 1 N–H and O–H groups in total. The number of benzene rings is 2. The highest BCUT2D eigenvalue weighted by atomic mass is 19.1. The van der Waals surface area contributed by atoms with Crippen molar-refractivity contribution in [2.75, 3.05) is 0 Å². The number of halogens is 1. The quantitative estimate of drug-likeness (QED) is 0.916. The van der Waals surface area contributed by atoms with Crippen LogP contribution in [0, 0.1) is 17.1 Å². The summed E-state index contributed by atoms with van der Waals surface area (Å²) in [7, 11) is 0. The summed E-state index contributed by atoms with van der Waals surface area (Å²) in [4.78, 5) is 11.0. The molecule has 0 aliphatic carbocycles. The molecule has 2 rings (SSSR count). The minimum absolute atomic E-state index is 0.0368. The van der Waals surface area contributed by atoms with Crippen molar-refractivity contribution in [3.05, 3.63) is 59.4 Å². The monoisotopic (exact) mass is 257 g/mol. The highest BCUT2D eigenvalue weighted by Gasteiger charge is 2.11. The van der Waals surface area contributed by atoms with Gasteiger partial charge in [-0.2, -0.15) is 5.26 Å². The van der Waals surface area contributed by atoms with E-state index in [1.807, 2.05) is 0 Å². The summed E-state index contributed by atoms with van der Waals surface area (Å²) in [5, 5.41) is 17.7.